The zero-order valence-corrected chi connectivity index (χ0v) is 11.1. The SMILES string of the molecule is O=Cc1cc(-c2ccc(Cl)c(Cl)c2Cl)c[nH]c1=O. The summed E-state index contributed by atoms with van der Waals surface area (Å²) >= 11 is 17.8. The average molecular weight is 303 g/mol. The highest BCUT2D eigenvalue weighted by molar-refractivity contribution is 6.49. The minimum atomic E-state index is -0.454. The molecular weight excluding hydrogens is 296 g/mol. The first-order valence-electron chi connectivity index (χ1n) is 4.86. The van der Waals surface area contributed by atoms with Gasteiger partial charge in [-0.1, -0.05) is 40.9 Å². The van der Waals surface area contributed by atoms with E-state index < -0.39 is 5.56 Å². The van der Waals surface area contributed by atoms with Gasteiger partial charge in [-0.3, -0.25) is 9.59 Å². The summed E-state index contributed by atoms with van der Waals surface area (Å²) < 4.78 is 0. The molecule has 0 fully saturated rings. The number of aromatic nitrogens is 1. The van der Waals surface area contributed by atoms with E-state index in [-0.39, 0.29) is 15.6 Å². The van der Waals surface area contributed by atoms with Crippen molar-refractivity contribution in [3.63, 3.8) is 0 Å². The van der Waals surface area contributed by atoms with Crippen molar-refractivity contribution in [2.75, 3.05) is 0 Å². The van der Waals surface area contributed by atoms with Gasteiger partial charge in [-0.2, -0.15) is 0 Å². The Morgan fingerprint density at radius 1 is 1.11 bits per heavy atom. The highest BCUT2D eigenvalue weighted by Gasteiger charge is 2.11. The molecule has 92 valence electrons. The molecule has 0 spiro atoms. The molecule has 6 heteroatoms. The Labute approximate surface area is 117 Å². The highest BCUT2D eigenvalue weighted by Crippen LogP contribution is 2.37. The fourth-order valence-electron chi connectivity index (χ4n) is 1.49. The maximum absolute atomic E-state index is 11.3. The molecule has 2 aromatic rings. The fraction of sp³-hybridized carbons (Fsp3) is 0. The smallest absolute Gasteiger partial charge is 0.258 e. The van der Waals surface area contributed by atoms with Gasteiger partial charge in [0.25, 0.3) is 5.56 Å². The van der Waals surface area contributed by atoms with Crippen molar-refractivity contribution in [2.24, 2.45) is 0 Å². The molecule has 1 aromatic carbocycles. The van der Waals surface area contributed by atoms with Gasteiger partial charge < -0.3 is 4.98 Å². The lowest BCUT2D eigenvalue weighted by Crippen LogP contribution is -2.10. The predicted molar refractivity (Wildman–Crippen MR) is 72.9 cm³/mol. The van der Waals surface area contributed by atoms with Crippen LogP contribution < -0.4 is 5.56 Å². The van der Waals surface area contributed by atoms with E-state index in [4.69, 9.17) is 34.8 Å². The van der Waals surface area contributed by atoms with E-state index in [0.717, 1.165) is 0 Å². The molecule has 18 heavy (non-hydrogen) atoms. The summed E-state index contributed by atoms with van der Waals surface area (Å²) in [5.74, 6) is 0. The number of aromatic amines is 1. The fourth-order valence-corrected chi connectivity index (χ4v) is 2.14. The van der Waals surface area contributed by atoms with Crippen molar-refractivity contribution >= 4 is 41.1 Å². The molecule has 0 unspecified atom stereocenters. The van der Waals surface area contributed by atoms with Crippen molar-refractivity contribution in [3.05, 3.63) is 55.4 Å². The third-order valence-corrected chi connectivity index (χ3v) is 3.70. The van der Waals surface area contributed by atoms with Crippen molar-refractivity contribution in [2.45, 2.75) is 0 Å². The first-order valence-corrected chi connectivity index (χ1v) is 5.99. The van der Waals surface area contributed by atoms with E-state index in [9.17, 15) is 9.59 Å². The van der Waals surface area contributed by atoms with Crippen LogP contribution in [0.2, 0.25) is 15.1 Å². The molecular formula is C12H6Cl3NO2. The minimum Gasteiger partial charge on any atom is -0.328 e. The molecule has 2 rings (SSSR count). The number of rotatable bonds is 2. The zero-order valence-electron chi connectivity index (χ0n) is 8.84. The van der Waals surface area contributed by atoms with Crippen LogP contribution in [0, 0.1) is 0 Å². The number of hydrogen-bond donors (Lipinski definition) is 1. The van der Waals surface area contributed by atoms with Gasteiger partial charge in [-0.15, -0.1) is 0 Å². The third kappa shape index (κ3) is 2.29. The Morgan fingerprint density at radius 2 is 1.83 bits per heavy atom. The summed E-state index contributed by atoms with van der Waals surface area (Å²) in [6.07, 6.45) is 1.94. The molecule has 1 aromatic heterocycles. The molecule has 0 bridgehead atoms. The summed E-state index contributed by atoms with van der Waals surface area (Å²) in [4.78, 5) is 24.4. The van der Waals surface area contributed by atoms with Crippen LogP contribution in [0.3, 0.4) is 0 Å². The lowest BCUT2D eigenvalue weighted by Gasteiger charge is -2.07. The van der Waals surface area contributed by atoms with E-state index in [0.29, 0.717) is 22.4 Å². The van der Waals surface area contributed by atoms with Gasteiger partial charge in [0.05, 0.1) is 20.6 Å². The van der Waals surface area contributed by atoms with Gasteiger partial charge in [0.1, 0.15) is 0 Å². The summed E-state index contributed by atoms with van der Waals surface area (Å²) in [6.45, 7) is 0. The van der Waals surface area contributed by atoms with Gasteiger partial charge in [0, 0.05) is 17.3 Å². The number of carbonyl (C=O) groups excluding carboxylic acids is 1. The first kappa shape index (κ1) is 13.1. The monoisotopic (exact) mass is 301 g/mol. The Balaban J connectivity index is 2.66. The van der Waals surface area contributed by atoms with Gasteiger partial charge in [0.15, 0.2) is 6.29 Å². The topological polar surface area (TPSA) is 49.9 Å². The summed E-state index contributed by atoms with van der Waals surface area (Å²) in [6, 6.07) is 4.70. The van der Waals surface area contributed by atoms with Crippen LogP contribution in [0.5, 0.6) is 0 Å². The van der Waals surface area contributed by atoms with Gasteiger partial charge in [-0.25, -0.2) is 0 Å². The molecule has 0 aliphatic carbocycles. The number of nitrogens with one attached hydrogen (secondary N) is 1. The van der Waals surface area contributed by atoms with Crippen molar-refractivity contribution in [3.8, 4) is 11.1 Å². The van der Waals surface area contributed by atoms with Crippen LogP contribution in [-0.2, 0) is 0 Å². The lowest BCUT2D eigenvalue weighted by atomic mass is 10.1. The summed E-state index contributed by atoms with van der Waals surface area (Å²) in [5.41, 5.74) is 0.741. The van der Waals surface area contributed by atoms with Crippen LogP contribution in [0.25, 0.3) is 11.1 Å². The van der Waals surface area contributed by atoms with Crippen LogP contribution in [-0.4, -0.2) is 11.3 Å². The number of aldehydes is 1. The highest BCUT2D eigenvalue weighted by atomic mass is 35.5. The maximum Gasteiger partial charge on any atom is 0.258 e. The lowest BCUT2D eigenvalue weighted by molar-refractivity contribution is 0.112. The Hall–Kier alpha value is -1.29. The van der Waals surface area contributed by atoms with E-state index in [1.807, 2.05) is 0 Å². The molecule has 0 aliphatic rings. The zero-order chi connectivity index (χ0) is 13.3. The van der Waals surface area contributed by atoms with Crippen LogP contribution in [0.1, 0.15) is 10.4 Å². The molecule has 0 saturated heterocycles. The van der Waals surface area contributed by atoms with Gasteiger partial charge in [0.2, 0.25) is 0 Å². The number of benzene rings is 1. The molecule has 1 heterocycles. The number of hydrogen-bond acceptors (Lipinski definition) is 2. The van der Waals surface area contributed by atoms with Crippen LogP contribution >= 0.6 is 34.8 Å². The quantitative estimate of drug-likeness (QED) is 0.677. The largest absolute Gasteiger partial charge is 0.328 e. The molecule has 0 saturated carbocycles. The Bertz CT molecular complexity index is 680. The molecule has 0 radical (unpaired) electrons. The van der Waals surface area contributed by atoms with E-state index in [1.54, 1.807) is 12.1 Å². The second-order valence-electron chi connectivity index (χ2n) is 3.51. The predicted octanol–water partition coefficient (Wildman–Crippen LogP) is 3.81. The number of pyridine rings is 1. The molecule has 1 N–H and O–H groups in total. The second kappa shape index (κ2) is 5.14. The average Bonchev–Trinajstić information content (AvgIpc) is 2.37. The van der Waals surface area contributed by atoms with Crippen LogP contribution in [0.15, 0.2) is 29.2 Å². The molecule has 0 atom stereocenters. The first-order chi connectivity index (χ1) is 8.54. The van der Waals surface area contributed by atoms with Crippen molar-refractivity contribution < 1.29 is 4.79 Å². The van der Waals surface area contributed by atoms with E-state index >= 15 is 0 Å². The summed E-state index contributed by atoms with van der Waals surface area (Å²) in [5, 5.41) is 0.841. The number of H-pyrrole nitrogens is 1. The molecule has 3 nitrogen and oxygen atoms in total. The van der Waals surface area contributed by atoms with E-state index in [1.165, 1.54) is 12.3 Å². The second-order valence-corrected chi connectivity index (χ2v) is 4.68. The standard InChI is InChI=1S/C12H6Cl3NO2/c13-9-2-1-8(10(14)11(9)15)6-3-7(5-17)12(18)16-4-6/h1-5H,(H,16,18). The van der Waals surface area contributed by atoms with Gasteiger partial charge >= 0.3 is 0 Å². The number of carbonyl (C=O) groups is 1. The van der Waals surface area contributed by atoms with Crippen molar-refractivity contribution in [1.82, 2.24) is 4.98 Å². The maximum atomic E-state index is 11.3. The minimum absolute atomic E-state index is 0.0228. The molecule has 0 aliphatic heterocycles. The van der Waals surface area contributed by atoms with Crippen LogP contribution in [0.4, 0.5) is 0 Å². The van der Waals surface area contributed by atoms with Gasteiger partial charge in [-0.05, 0) is 12.1 Å². The summed E-state index contributed by atoms with van der Waals surface area (Å²) in [7, 11) is 0. The number of halogens is 3. The Morgan fingerprint density at radius 3 is 2.50 bits per heavy atom. The third-order valence-electron chi connectivity index (χ3n) is 2.41. The molecule has 0 amide bonds. The van der Waals surface area contributed by atoms with E-state index in [2.05, 4.69) is 4.98 Å². The Kier molecular flexibility index (Phi) is 3.76. The normalized spacial score (nSPS) is 10.4. The van der Waals surface area contributed by atoms with Crippen molar-refractivity contribution in [1.29, 1.82) is 0 Å².